The molecule has 0 aliphatic carbocycles. The fourth-order valence-corrected chi connectivity index (χ4v) is 2.80. The first-order valence-electron chi connectivity index (χ1n) is 7.39. The van der Waals surface area contributed by atoms with E-state index in [1.807, 2.05) is 54.7 Å². The maximum Gasteiger partial charge on any atom is 0.318 e. The number of nitrogens with one attached hydrogen (secondary N) is 1. The molecule has 0 aliphatic heterocycles. The van der Waals surface area contributed by atoms with Crippen molar-refractivity contribution in [3.63, 3.8) is 0 Å². The number of thiazole rings is 1. The third-order valence-electron chi connectivity index (χ3n) is 3.22. The highest BCUT2D eigenvalue weighted by Gasteiger charge is 2.14. The number of hydrogen-bond acceptors (Lipinski definition) is 5. The first-order chi connectivity index (χ1) is 11.1. The summed E-state index contributed by atoms with van der Waals surface area (Å²) in [5, 5.41) is 14.9. The summed E-state index contributed by atoms with van der Waals surface area (Å²) < 4.78 is 0. The fraction of sp³-hybridized carbons (Fsp3) is 0.375. The van der Waals surface area contributed by atoms with Gasteiger partial charge in [-0.3, -0.25) is 0 Å². The van der Waals surface area contributed by atoms with Gasteiger partial charge in [0.05, 0.1) is 18.8 Å². The number of anilines is 1. The van der Waals surface area contributed by atoms with Crippen molar-refractivity contribution < 1.29 is 9.90 Å². The van der Waals surface area contributed by atoms with Gasteiger partial charge in [-0.05, 0) is 5.56 Å². The Labute approximate surface area is 140 Å². The molecule has 0 radical (unpaired) electrons. The molecule has 1 heterocycles. The number of carbonyl (C=O) groups excluding carboxylic acids is 1. The third kappa shape index (κ3) is 5.22. The van der Waals surface area contributed by atoms with E-state index in [1.54, 1.807) is 16.2 Å². The van der Waals surface area contributed by atoms with Crippen LogP contribution in [0, 0.1) is 0 Å². The number of aliphatic hydroxyl groups excluding tert-OH is 1. The van der Waals surface area contributed by atoms with Crippen LogP contribution in [0.3, 0.4) is 0 Å². The van der Waals surface area contributed by atoms with E-state index in [-0.39, 0.29) is 12.6 Å². The molecule has 1 aromatic carbocycles. The van der Waals surface area contributed by atoms with Crippen molar-refractivity contribution in [2.75, 3.05) is 32.1 Å². The van der Waals surface area contributed by atoms with Crippen LogP contribution in [0.25, 0.3) is 0 Å². The average molecular weight is 334 g/mol. The van der Waals surface area contributed by atoms with Crippen molar-refractivity contribution in [2.45, 2.75) is 13.1 Å². The second-order valence-electron chi connectivity index (χ2n) is 5.31. The first-order valence-corrected chi connectivity index (χ1v) is 8.27. The molecule has 2 rings (SSSR count). The number of urea groups is 1. The first kappa shape index (κ1) is 17.2. The van der Waals surface area contributed by atoms with E-state index in [1.165, 1.54) is 0 Å². The predicted octanol–water partition coefficient (Wildman–Crippen LogP) is 1.91. The van der Waals surface area contributed by atoms with Gasteiger partial charge in [0, 0.05) is 32.6 Å². The molecule has 0 saturated heterocycles. The molecule has 7 heteroatoms. The number of aliphatic hydroxyl groups is 1. The second kappa shape index (κ2) is 8.50. The SMILES string of the molecule is CN(C)c1nc(CNC(=O)N(CCO)Cc2ccccc2)cs1. The van der Waals surface area contributed by atoms with Crippen molar-refractivity contribution >= 4 is 22.5 Å². The van der Waals surface area contributed by atoms with Gasteiger partial charge in [-0.25, -0.2) is 9.78 Å². The highest BCUT2D eigenvalue weighted by Crippen LogP contribution is 2.17. The van der Waals surface area contributed by atoms with Gasteiger partial charge in [-0.2, -0.15) is 0 Å². The molecular formula is C16H22N4O2S. The molecule has 124 valence electrons. The largest absolute Gasteiger partial charge is 0.395 e. The van der Waals surface area contributed by atoms with Crippen LogP contribution in [0.5, 0.6) is 0 Å². The Bertz CT molecular complexity index is 616. The minimum Gasteiger partial charge on any atom is -0.395 e. The van der Waals surface area contributed by atoms with Crippen LogP contribution in [-0.4, -0.2) is 48.3 Å². The molecule has 0 saturated carbocycles. The Morgan fingerprint density at radius 3 is 2.65 bits per heavy atom. The molecule has 0 unspecified atom stereocenters. The van der Waals surface area contributed by atoms with E-state index in [9.17, 15) is 9.90 Å². The Morgan fingerprint density at radius 1 is 1.30 bits per heavy atom. The number of benzene rings is 1. The molecule has 0 fully saturated rings. The number of rotatable bonds is 7. The lowest BCUT2D eigenvalue weighted by Gasteiger charge is -2.22. The molecule has 2 amide bonds. The van der Waals surface area contributed by atoms with Crippen molar-refractivity contribution in [1.29, 1.82) is 0 Å². The lowest BCUT2D eigenvalue weighted by molar-refractivity contribution is 0.173. The zero-order chi connectivity index (χ0) is 16.7. The van der Waals surface area contributed by atoms with Crippen LogP contribution in [0.1, 0.15) is 11.3 Å². The smallest absolute Gasteiger partial charge is 0.318 e. The summed E-state index contributed by atoms with van der Waals surface area (Å²) in [6, 6.07) is 9.51. The summed E-state index contributed by atoms with van der Waals surface area (Å²) >= 11 is 1.54. The maximum atomic E-state index is 12.3. The van der Waals surface area contributed by atoms with Crippen LogP contribution in [0.2, 0.25) is 0 Å². The van der Waals surface area contributed by atoms with E-state index in [0.717, 1.165) is 16.4 Å². The zero-order valence-corrected chi connectivity index (χ0v) is 14.2. The van der Waals surface area contributed by atoms with Gasteiger partial charge in [0.15, 0.2) is 5.13 Å². The molecule has 0 bridgehead atoms. The Balaban J connectivity index is 1.92. The quantitative estimate of drug-likeness (QED) is 0.812. The number of aromatic nitrogens is 1. The van der Waals surface area contributed by atoms with Gasteiger partial charge in [-0.15, -0.1) is 11.3 Å². The van der Waals surface area contributed by atoms with Crippen LogP contribution in [0.15, 0.2) is 35.7 Å². The molecule has 0 atom stereocenters. The molecule has 0 aliphatic rings. The average Bonchev–Trinajstić information content (AvgIpc) is 3.02. The molecular weight excluding hydrogens is 312 g/mol. The van der Waals surface area contributed by atoms with Gasteiger partial charge >= 0.3 is 6.03 Å². The fourth-order valence-electron chi connectivity index (χ4n) is 2.04. The Morgan fingerprint density at radius 2 is 2.04 bits per heavy atom. The summed E-state index contributed by atoms with van der Waals surface area (Å²) in [5.74, 6) is 0. The summed E-state index contributed by atoms with van der Waals surface area (Å²) in [6.07, 6.45) is 0. The molecule has 0 spiro atoms. The van der Waals surface area contributed by atoms with Gasteiger partial charge in [0.1, 0.15) is 0 Å². The zero-order valence-electron chi connectivity index (χ0n) is 13.4. The van der Waals surface area contributed by atoms with Crippen molar-refractivity contribution in [3.05, 3.63) is 47.0 Å². The summed E-state index contributed by atoms with van der Waals surface area (Å²) in [6.45, 7) is 1.07. The van der Waals surface area contributed by atoms with Gasteiger partial charge in [0.2, 0.25) is 0 Å². The van der Waals surface area contributed by atoms with Crippen molar-refractivity contribution in [1.82, 2.24) is 15.2 Å². The normalized spacial score (nSPS) is 10.4. The van der Waals surface area contributed by atoms with E-state index in [4.69, 9.17) is 0 Å². The van der Waals surface area contributed by atoms with E-state index < -0.39 is 0 Å². The maximum absolute atomic E-state index is 12.3. The highest BCUT2D eigenvalue weighted by atomic mass is 32.1. The third-order valence-corrected chi connectivity index (χ3v) is 4.27. The number of amides is 2. The Hall–Kier alpha value is -2.12. The highest BCUT2D eigenvalue weighted by molar-refractivity contribution is 7.13. The van der Waals surface area contributed by atoms with Gasteiger partial charge in [-0.1, -0.05) is 30.3 Å². The molecule has 23 heavy (non-hydrogen) atoms. The molecule has 6 nitrogen and oxygen atoms in total. The Kier molecular flexibility index (Phi) is 6.37. The lowest BCUT2D eigenvalue weighted by Crippen LogP contribution is -2.40. The van der Waals surface area contributed by atoms with E-state index >= 15 is 0 Å². The number of nitrogens with zero attached hydrogens (tertiary/aromatic N) is 3. The standard InChI is InChI=1S/C16H22N4O2S/c1-19(2)16-18-14(12-23-16)10-17-15(22)20(8-9-21)11-13-6-4-3-5-7-13/h3-7,12,21H,8-11H2,1-2H3,(H,17,22). The lowest BCUT2D eigenvalue weighted by atomic mass is 10.2. The van der Waals surface area contributed by atoms with Crippen LogP contribution in [0.4, 0.5) is 9.93 Å². The number of carbonyl (C=O) groups is 1. The summed E-state index contributed by atoms with van der Waals surface area (Å²) in [4.78, 5) is 20.3. The van der Waals surface area contributed by atoms with Crippen LogP contribution >= 0.6 is 11.3 Å². The molecule has 2 N–H and O–H groups in total. The topological polar surface area (TPSA) is 68.7 Å². The minimum absolute atomic E-state index is 0.0677. The van der Waals surface area contributed by atoms with Crippen LogP contribution in [-0.2, 0) is 13.1 Å². The minimum atomic E-state index is -0.206. The molecule has 1 aromatic heterocycles. The summed E-state index contributed by atoms with van der Waals surface area (Å²) in [7, 11) is 3.87. The monoisotopic (exact) mass is 334 g/mol. The second-order valence-corrected chi connectivity index (χ2v) is 6.14. The summed E-state index contributed by atoms with van der Waals surface area (Å²) in [5.41, 5.74) is 1.86. The van der Waals surface area contributed by atoms with Crippen molar-refractivity contribution in [3.8, 4) is 0 Å². The molecule has 2 aromatic rings. The predicted molar refractivity (Wildman–Crippen MR) is 92.6 cm³/mol. The number of hydrogen-bond donors (Lipinski definition) is 2. The van der Waals surface area contributed by atoms with Gasteiger partial charge < -0.3 is 20.2 Å². The van der Waals surface area contributed by atoms with Crippen LogP contribution < -0.4 is 10.2 Å². The van der Waals surface area contributed by atoms with Crippen molar-refractivity contribution in [2.24, 2.45) is 0 Å². The van der Waals surface area contributed by atoms with E-state index in [0.29, 0.717) is 19.6 Å². The van der Waals surface area contributed by atoms with E-state index in [2.05, 4.69) is 10.3 Å². The van der Waals surface area contributed by atoms with Gasteiger partial charge in [0.25, 0.3) is 0 Å².